The third-order valence-corrected chi connectivity index (χ3v) is 4.65. The van der Waals surface area contributed by atoms with Crippen molar-refractivity contribution in [3.63, 3.8) is 0 Å². The van der Waals surface area contributed by atoms with E-state index in [1.807, 2.05) is 19.9 Å². The highest BCUT2D eigenvalue weighted by atomic mass is 32.1. The normalized spacial score (nSPS) is 17.4. The molecule has 0 saturated heterocycles. The van der Waals surface area contributed by atoms with Gasteiger partial charge in [0.05, 0.1) is 16.2 Å². The number of aryl methyl sites for hydroxylation is 2. The molecular weight excluding hydrogens is 284 g/mol. The summed E-state index contributed by atoms with van der Waals surface area (Å²) in [6.07, 6.45) is 5.74. The molecule has 3 N–H and O–H groups in total. The minimum atomic E-state index is -0.528. The van der Waals surface area contributed by atoms with Crippen LogP contribution < -0.4 is 11.1 Å². The van der Waals surface area contributed by atoms with E-state index in [1.165, 1.54) is 6.42 Å². The quantitative estimate of drug-likeness (QED) is 0.818. The van der Waals surface area contributed by atoms with Crippen molar-refractivity contribution in [3.05, 3.63) is 17.5 Å². The molecule has 1 fully saturated rings. The number of nitrogens with zero attached hydrogens (tertiary/aromatic N) is 2. The van der Waals surface area contributed by atoms with Crippen molar-refractivity contribution in [1.82, 2.24) is 15.1 Å². The largest absolute Gasteiger partial charge is 0.391 e. The zero-order valence-corrected chi connectivity index (χ0v) is 13.6. The number of hydrogen-bond donors (Lipinski definition) is 2. The van der Waals surface area contributed by atoms with Gasteiger partial charge in [-0.2, -0.15) is 5.10 Å². The van der Waals surface area contributed by atoms with E-state index in [9.17, 15) is 4.79 Å². The predicted octanol–water partition coefficient (Wildman–Crippen LogP) is 2.18. The summed E-state index contributed by atoms with van der Waals surface area (Å²) in [6.45, 7) is 4.68. The molecule has 5 nitrogen and oxygen atoms in total. The summed E-state index contributed by atoms with van der Waals surface area (Å²) >= 11 is 5.23. The van der Waals surface area contributed by atoms with Gasteiger partial charge < -0.3 is 11.1 Å². The first kappa shape index (κ1) is 15.9. The van der Waals surface area contributed by atoms with E-state index < -0.39 is 5.54 Å². The molecule has 1 aliphatic rings. The minimum Gasteiger partial charge on any atom is -0.391 e. The number of carbonyl (C=O) groups excluding carboxylic acids is 1. The first-order valence-corrected chi connectivity index (χ1v) is 8.12. The topological polar surface area (TPSA) is 72.9 Å². The molecule has 1 amide bonds. The number of aromatic nitrogens is 2. The van der Waals surface area contributed by atoms with Gasteiger partial charge in [0.25, 0.3) is 5.91 Å². The van der Waals surface area contributed by atoms with Gasteiger partial charge in [-0.25, -0.2) is 0 Å². The first-order valence-electron chi connectivity index (χ1n) is 7.71. The molecule has 1 aromatic heterocycles. The van der Waals surface area contributed by atoms with Crippen molar-refractivity contribution in [2.45, 2.75) is 64.5 Å². The van der Waals surface area contributed by atoms with Crippen LogP contribution in [0.5, 0.6) is 0 Å². The third kappa shape index (κ3) is 3.26. The van der Waals surface area contributed by atoms with Gasteiger partial charge in [0.15, 0.2) is 0 Å². The number of nitrogens with two attached hydrogens (primary N) is 1. The standard InChI is InChI=1S/C15H24N4OS/c1-3-11-10-12(19(4-2)18-11)13(20)17-15(14(16)21)8-6-5-7-9-15/h10H,3-9H2,1-2H3,(H2,16,21)(H,17,20). The Morgan fingerprint density at radius 2 is 2.10 bits per heavy atom. The van der Waals surface area contributed by atoms with Crippen LogP contribution in [0.25, 0.3) is 0 Å². The molecule has 0 aliphatic heterocycles. The smallest absolute Gasteiger partial charge is 0.270 e. The van der Waals surface area contributed by atoms with Crippen molar-refractivity contribution < 1.29 is 4.79 Å². The van der Waals surface area contributed by atoms with E-state index in [-0.39, 0.29) is 5.91 Å². The van der Waals surface area contributed by atoms with Gasteiger partial charge >= 0.3 is 0 Å². The highest BCUT2D eigenvalue weighted by molar-refractivity contribution is 7.80. The second-order valence-corrected chi connectivity index (χ2v) is 6.09. The summed E-state index contributed by atoms with van der Waals surface area (Å²) < 4.78 is 1.74. The number of carbonyl (C=O) groups is 1. The molecule has 0 radical (unpaired) electrons. The van der Waals surface area contributed by atoms with Gasteiger partial charge in [-0.05, 0) is 32.3 Å². The molecule has 116 valence electrons. The zero-order chi connectivity index (χ0) is 15.5. The van der Waals surface area contributed by atoms with E-state index in [2.05, 4.69) is 10.4 Å². The van der Waals surface area contributed by atoms with Crippen molar-refractivity contribution in [2.24, 2.45) is 5.73 Å². The maximum absolute atomic E-state index is 12.6. The fourth-order valence-corrected chi connectivity index (χ4v) is 3.19. The molecule has 0 atom stereocenters. The Morgan fingerprint density at radius 3 is 2.62 bits per heavy atom. The summed E-state index contributed by atoms with van der Waals surface area (Å²) in [5, 5.41) is 7.51. The van der Waals surface area contributed by atoms with Crippen molar-refractivity contribution in [1.29, 1.82) is 0 Å². The fourth-order valence-electron chi connectivity index (χ4n) is 2.94. The van der Waals surface area contributed by atoms with Gasteiger partial charge in [0, 0.05) is 6.54 Å². The molecular formula is C15H24N4OS. The highest BCUT2D eigenvalue weighted by Gasteiger charge is 2.37. The molecule has 2 rings (SSSR count). The number of rotatable bonds is 5. The van der Waals surface area contributed by atoms with Crippen LogP contribution in [0.2, 0.25) is 0 Å². The Kier molecular flexibility index (Phi) is 4.98. The van der Waals surface area contributed by atoms with Crippen molar-refractivity contribution >= 4 is 23.1 Å². The van der Waals surface area contributed by atoms with Crippen molar-refractivity contribution in [3.8, 4) is 0 Å². The zero-order valence-electron chi connectivity index (χ0n) is 12.8. The predicted molar refractivity (Wildman–Crippen MR) is 87.3 cm³/mol. The van der Waals surface area contributed by atoms with Gasteiger partial charge in [-0.15, -0.1) is 0 Å². The van der Waals surface area contributed by atoms with E-state index in [0.717, 1.165) is 37.8 Å². The Bertz CT molecular complexity index is 532. The van der Waals surface area contributed by atoms with Crippen LogP contribution in [0.15, 0.2) is 6.07 Å². The molecule has 0 bridgehead atoms. The summed E-state index contributed by atoms with van der Waals surface area (Å²) in [5.41, 5.74) is 6.92. The second kappa shape index (κ2) is 6.56. The summed E-state index contributed by atoms with van der Waals surface area (Å²) in [4.78, 5) is 13.0. The maximum Gasteiger partial charge on any atom is 0.270 e. The van der Waals surface area contributed by atoms with E-state index in [4.69, 9.17) is 18.0 Å². The Morgan fingerprint density at radius 1 is 1.43 bits per heavy atom. The van der Waals surface area contributed by atoms with Gasteiger partial charge in [-0.3, -0.25) is 9.48 Å². The van der Waals surface area contributed by atoms with Gasteiger partial charge in [-0.1, -0.05) is 38.4 Å². The molecule has 0 spiro atoms. The SMILES string of the molecule is CCc1cc(C(=O)NC2(C(N)=S)CCCCC2)n(CC)n1. The van der Waals surface area contributed by atoms with Crippen LogP contribution in [-0.4, -0.2) is 26.2 Å². The minimum absolute atomic E-state index is 0.126. The lowest BCUT2D eigenvalue weighted by molar-refractivity contribution is 0.0897. The summed E-state index contributed by atoms with van der Waals surface area (Å²) in [6, 6.07) is 1.86. The maximum atomic E-state index is 12.6. The number of amides is 1. The van der Waals surface area contributed by atoms with E-state index >= 15 is 0 Å². The van der Waals surface area contributed by atoms with Crippen LogP contribution in [0.1, 0.15) is 62.1 Å². The molecule has 21 heavy (non-hydrogen) atoms. The molecule has 1 aliphatic carbocycles. The summed E-state index contributed by atoms with van der Waals surface area (Å²) in [7, 11) is 0. The average Bonchev–Trinajstić information content (AvgIpc) is 2.91. The number of thiocarbonyl (C=S) groups is 1. The Balaban J connectivity index is 2.23. The Labute approximate surface area is 131 Å². The van der Waals surface area contributed by atoms with E-state index in [1.54, 1.807) is 4.68 Å². The Hall–Kier alpha value is -1.43. The van der Waals surface area contributed by atoms with E-state index in [0.29, 0.717) is 17.2 Å². The molecule has 6 heteroatoms. The van der Waals surface area contributed by atoms with Crippen LogP contribution in [0.4, 0.5) is 0 Å². The summed E-state index contributed by atoms with van der Waals surface area (Å²) in [5.74, 6) is -0.126. The first-order chi connectivity index (χ1) is 10.0. The monoisotopic (exact) mass is 308 g/mol. The van der Waals surface area contributed by atoms with Crippen molar-refractivity contribution in [2.75, 3.05) is 0 Å². The lowest BCUT2D eigenvalue weighted by Crippen LogP contribution is -2.57. The number of hydrogen-bond acceptors (Lipinski definition) is 3. The number of nitrogens with one attached hydrogen (secondary N) is 1. The third-order valence-electron chi connectivity index (χ3n) is 4.26. The average molecular weight is 308 g/mol. The lowest BCUT2D eigenvalue weighted by Gasteiger charge is -2.37. The van der Waals surface area contributed by atoms with Crippen LogP contribution in [0.3, 0.4) is 0 Å². The van der Waals surface area contributed by atoms with Crippen LogP contribution in [-0.2, 0) is 13.0 Å². The second-order valence-electron chi connectivity index (χ2n) is 5.65. The molecule has 0 aromatic carbocycles. The molecule has 1 heterocycles. The van der Waals surface area contributed by atoms with Gasteiger partial charge in [0.2, 0.25) is 0 Å². The molecule has 0 unspecified atom stereocenters. The lowest BCUT2D eigenvalue weighted by atomic mass is 9.81. The van der Waals surface area contributed by atoms with Gasteiger partial charge in [0.1, 0.15) is 5.69 Å². The molecule has 1 saturated carbocycles. The highest BCUT2D eigenvalue weighted by Crippen LogP contribution is 2.29. The fraction of sp³-hybridized carbons (Fsp3) is 0.667. The molecule has 1 aromatic rings. The van der Waals surface area contributed by atoms with Crippen LogP contribution in [0, 0.1) is 0 Å². The van der Waals surface area contributed by atoms with Crippen LogP contribution >= 0.6 is 12.2 Å².